The predicted molar refractivity (Wildman–Crippen MR) is 117 cm³/mol. The molecule has 0 unspecified atom stereocenters. The zero-order valence-electron chi connectivity index (χ0n) is 15.9. The van der Waals surface area contributed by atoms with Gasteiger partial charge < -0.3 is 10.2 Å². The maximum atomic E-state index is 14.1. The zero-order valence-corrected chi connectivity index (χ0v) is 17.4. The van der Waals surface area contributed by atoms with Crippen LogP contribution >= 0.6 is 23.4 Å². The van der Waals surface area contributed by atoms with Gasteiger partial charge in [-0.2, -0.15) is 16.9 Å². The number of carbonyl (C=O) groups excluding carboxylic acids is 1. The van der Waals surface area contributed by atoms with Crippen molar-refractivity contribution in [2.75, 3.05) is 34.8 Å². The number of hydrogen-bond donors (Lipinski definition) is 1. The Morgan fingerprint density at radius 3 is 2.66 bits per heavy atom. The molecule has 0 spiro atoms. The van der Waals surface area contributed by atoms with E-state index in [2.05, 4.69) is 15.3 Å². The normalized spacial score (nSPS) is 14.1. The van der Waals surface area contributed by atoms with E-state index in [1.807, 2.05) is 23.9 Å². The average Bonchev–Trinajstić information content (AvgIpc) is 3.10. The van der Waals surface area contributed by atoms with Crippen molar-refractivity contribution in [2.24, 2.45) is 0 Å². The summed E-state index contributed by atoms with van der Waals surface area (Å²) in [4.78, 5) is 15.0. The Kier molecular flexibility index (Phi) is 5.78. The summed E-state index contributed by atoms with van der Waals surface area (Å²) in [5.41, 5.74) is 2.82. The molecule has 1 aromatic heterocycles. The molecule has 2 aromatic carbocycles. The molecular weight excluding hydrogens is 411 g/mol. The van der Waals surface area contributed by atoms with Crippen LogP contribution in [0.25, 0.3) is 5.69 Å². The topological polar surface area (TPSA) is 50.2 Å². The summed E-state index contributed by atoms with van der Waals surface area (Å²) in [7, 11) is 0. The van der Waals surface area contributed by atoms with Crippen LogP contribution in [0, 0.1) is 12.7 Å². The number of para-hydroxylation sites is 1. The van der Waals surface area contributed by atoms with Crippen LogP contribution in [-0.2, 0) is 0 Å². The number of nitrogens with zero attached hydrogens (tertiary/aromatic N) is 3. The van der Waals surface area contributed by atoms with E-state index < -0.39 is 5.82 Å². The van der Waals surface area contributed by atoms with Gasteiger partial charge in [0.2, 0.25) is 0 Å². The summed E-state index contributed by atoms with van der Waals surface area (Å²) in [6.07, 6.45) is 1.44. The Balaban J connectivity index is 1.53. The van der Waals surface area contributed by atoms with Gasteiger partial charge in [0.1, 0.15) is 11.5 Å². The number of benzene rings is 2. The molecule has 2 heterocycles. The highest BCUT2D eigenvalue weighted by Gasteiger charge is 2.18. The molecule has 8 heteroatoms. The summed E-state index contributed by atoms with van der Waals surface area (Å²) in [6, 6.07) is 11.9. The third-order valence-corrected chi connectivity index (χ3v) is 6.14. The number of amides is 1. The van der Waals surface area contributed by atoms with E-state index >= 15 is 0 Å². The number of hydrogen-bond acceptors (Lipinski definition) is 4. The lowest BCUT2D eigenvalue weighted by Crippen LogP contribution is -2.32. The molecule has 4 rings (SSSR count). The van der Waals surface area contributed by atoms with Crippen molar-refractivity contribution in [3.63, 3.8) is 0 Å². The van der Waals surface area contributed by atoms with Crippen LogP contribution in [0.5, 0.6) is 0 Å². The highest BCUT2D eigenvalue weighted by Crippen LogP contribution is 2.31. The van der Waals surface area contributed by atoms with E-state index in [0.717, 1.165) is 30.3 Å². The Labute approximate surface area is 177 Å². The molecule has 0 aliphatic carbocycles. The van der Waals surface area contributed by atoms with Crippen LogP contribution in [0.2, 0.25) is 5.02 Å². The lowest BCUT2D eigenvalue weighted by molar-refractivity contribution is 0.102. The molecule has 1 N–H and O–H groups in total. The van der Waals surface area contributed by atoms with Gasteiger partial charge in [-0.1, -0.05) is 23.7 Å². The minimum absolute atomic E-state index is 0.302. The third kappa shape index (κ3) is 4.11. The van der Waals surface area contributed by atoms with Crippen LogP contribution in [0.3, 0.4) is 0 Å². The lowest BCUT2D eigenvalue weighted by Gasteiger charge is -2.29. The molecule has 1 aliphatic heterocycles. The van der Waals surface area contributed by atoms with Gasteiger partial charge in [0, 0.05) is 30.3 Å². The maximum absolute atomic E-state index is 14.1. The molecule has 0 bridgehead atoms. The number of anilines is 2. The molecule has 1 amide bonds. The van der Waals surface area contributed by atoms with Gasteiger partial charge in [0.05, 0.1) is 28.2 Å². The van der Waals surface area contributed by atoms with E-state index in [-0.39, 0.29) is 5.91 Å². The van der Waals surface area contributed by atoms with Gasteiger partial charge in [0.15, 0.2) is 0 Å². The molecule has 1 aliphatic rings. The zero-order chi connectivity index (χ0) is 20.4. The number of halogens is 2. The largest absolute Gasteiger partial charge is 0.369 e. The third-order valence-electron chi connectivity index (χ3n) is 4.89. The van der Waals surface area contributed by atoms with Gasteiger partial charge in [0.25, 0.3) is 5.91 Å². The van der Waals surface area contributed by atoms with Gasteiger partial charge >= 0.3 is 0 Å². The molecule has 29 heavy (non-hydrogen) atoms. The quantitative estimate of drug-likeness (QED) is 0.647. The minimum atomic E-state index is -0.399. The standard InChI is InChI=1S/C21H20ClFN4OS/c1-14-16(13-24-27(14)20-5-3-2-4-18(20)23)21(28)25-15-6-7-19(17(22)12-15)26-8-10-29-11-9-26/h2-7,12-13H,8-11H2,1H3,(H,25,28). The second-order valence-corrected chi connectivity index (χ2v) is 8.36. The Morgan fingerprint density at radius 1 is 1.17 bits per heavy atom. The van der Waals surface area contributed by atoms with Gasteiger partial charge in [-0.25, -0.2) is 9.07 Å². The summed E-state index contributed by atoms with van der Waals surface area (Å²) >= 11 is 8.40. The highest BCUT2D eigenvalue weighted by molar-refractivity contribution is 7.99. The molecule has 3 aromatic rings. The van der Waals surface area contributed by atoms with E-state index in [9.17, 15) is 9.18 Å². The summed E-state index contributed by atoms with van der Waals surface area (Å²) in [6.45, 7) is 3.66. The number of aromatic nitrogens is 2. The van der Waals surface area contributed by atoms with E-state index in [1.54, 1.807) is 31.2 Å². The fraction of sp³-hybridized carbons (Fsp3) is 0.238. The van der Waals surface area contributed by atoms with E-state index in [0.29, 0.717) is 27.7 Å². The van der Waals surface area contributed by atoms with Crippen LogP contribution in [0.15, 0.2) is 48.7 Å². The molecule has 1 saturated heterocycles. The lowest BCUT2D eigenvalue weighted by atomic mass is 10.2. The molecule has 1 fully saturated rings. The molecule has 0 atom stereocenters. The highest BCUT2D eigenvalue weighted by atomic mass is 35.5. The first kappa shape index (κ1) is 19.8. The second kappa shape index (κ2) is 8.47. The Morgan fingerprint density at radius 2 is 1.93 bits per heavy atom. The van der Waals surface area contributed by atoms with Crippen molar-refractivity contribution >= 4 is 40.6 Å². The number of carbonyl (C=O) groups is 1. The van der Waals surface area contributed by atoms with Gasteiger partial charge in [-0.3, -0.25) is 4.79 Å². The van der Waals surface area contributed by atoms with Crippen LogP contribution in [0.4, 0.5) is 15.8 Å². The minimum Gasteiger partial charge on any atom is -0.369 e. The summed E-state index contributed by atoms with van der Waals surface area (Å²) in [5.74, 6) is 1.45. The predicted octanol–water partition coefficient (Wildman–Crippen LogP) is 4.78. The Bertz CT molecular complexity index is 1050. The fourth-order valence-corrected chi connectivity index (χ4v) is 4.55. The molecule has 0 radical (unpaired) electrons. The van der Waals surface area contributed by atoms with Crippen molar-refractivity contribution in [3.05, 3.63) is 70.8 Å². The van der Waals surface area contributed by atoms with Gasteiger partial charge in [-0.05, 0) is 37.3 Å². The second-order valence-electron chi connectivity index (χ2n) is 6.73. The summed E-state index contributed by atoms with van der Waals surface area (Å²) in [5, 5.41) is 7.64. The SMILES string of the molecule is Cc1c(C(=O)Nc2ccc(N3CCSCC3)c(Cl)c2)cnn1-c1ccccc1F. The Hall–Kier alpha value is -2.51. The number of nitrogens with one attached hydrogen (secondary N) is 1. The monoisotopic (exact) mass is 430 g/mol. The first-order chi connectivity index (χ1) is 14.0. The number of thioether (sulfide) groups is 1. The fourth-order valence-electron chi connectivity index (χ4n) is 3.34. The van der Waals surface area contributed by atoms with Crippen molar-refractivity contribution < 1.29 is 9.18 Å². The molecule has 150 valence electrons. The van der Waals surface area contributed by atoms with Crippen molar-refractivity contribution in [3.8, 4) is 5.69 Å². The average molecular weight is 431 g/mol. The van der Waals surface area contributed by atoms with Crippen molar-refractivity contribution in [1.29, 1.82) is 0 Å². The molecule has 0 saturated carbocycles. The van der Waals surface area contributed by atoms with Crippen LogP contribution in [-0.4, -0.2) is 40.3 Å². The molecular formula is C21H20ClFN4OS. The smallest absolute Gasteiger partial charge is 0.259 e. The van der Waals surface area contributed by atoms with Gasteiger partial charge in [-0.15, -0.1) is 0 Å². The molecule has 5 nitrogen and oxygen atoms in total. The first-order valence-electron chi connectivity index (χ1n) is 9.27. The van der Waals surface area contributed by atoms with E-state index in [1.165, 1.54) is 16.9 Å². The number of rotatable bonds is 4. The van der Waals surface area contributed by atoms with Crippen molar-refractivity contribution in [2.45, 2.75) is 6.92 Å². The maximum Gasteiger partial charge on any atom is 0.259 e. The van der Waals surface area contributed by atoms with Crippen molar-refractivity contribution in [1.82, 2.24) is 9.78 Å². The van der Waals surface area contributed by atoms with E-state index in [4.69, 9.17) is 11.6 Å². The van der Waals surface area contributed by atoms with Crippen LogP contribution in [0.1, 0.15) is 16.1 Å². The first-order valence-corrected chi connectivity index (χ1v) is 10.8. The van der Waals surface area contributed by atoms with Crippen LogP contribution < -0.4 is 10.2 Å². The summed E-state index contributed by atoms with van der Waals surface area (Å²) < 4.78 is 15.5.